The second kappa shape index (κ2) is 6.44. The van der Waals surface area contributed by atoms with Gasteiger partial charge in [-0.05, 0) is 23.8 Å². The molecule has 0 aliphatic heterocycles. The van der Waals surface area contributed by atoms with Crippen molar-refractivity contribution in [1.82, 2.24) is 14.6 Å². The van der Waals surface area contributed by atoms with E-state index in [0.29, 0.717) is 6.54 Å². The fraction of sp³-hybridized carbons (Fsp3) is 0.125. The molecule has 5 heteroatoms. The molecule has 21 heavy (non-hydrogen) atoms. The van der Waals surface area contributed by atoms with Crippen molar-refractivity contribution < 1.29 is 0 Å². The molecule has 2 heterocycles. The highest BCUT2D eigenvalue weighted by molar-refractivity contribution is 7.98. The summed E-state index contributed by atoms with van der Waals surface area (Å²) < 4.78 is 1.98. The molecule has 1 aromatic carbocycles. The third-order valence-electron chi connectivity index (χ3n) is 2.98. The third-order valence-corrected chi connectivity index (χ3v) is 3.97. The molecule has 3 rings (SSSR count). The van der Waals surface area contributed by atoms with E-state index in [1.165, 1.54) is 5.56 Å². The number of hydrogen-bond acceptors (Lipinski definition) is 4. The smallest absolute Gasteiger partial charge is 0.195 e. The van der Waals surface area contributed by atoms with E-state index in [1.54, 1.807) is 11.8 Å². The van der Waals surface area contributed by atoms with E-state index in [1.807, 2.05) is 47.0 Å². The molecular formula is C16H14N4S. The Hall–Kier alpha value is -2.29. The molecule has 0 spiro atoms. The lowest BCUT2D eigenvalue weighted by Gasteiger charge is -2.03. The number of hydrogen-bond donors (Lipinski definition) is 1. The van der Waals surface area contributed by atoms with Crippen LogP contribution in [0.2, 0.25) is 0 Å². The van der Waals surface area contributed by atoms with Crippen molar-refractivity contribution >= 4 is 17.4 Å². The number of nitrogens with two attached hydrogens (primary N) is 1. The predicted octanol–water partition coefficient (Wildman–Crippen LogP) is 2.33. The number of aromatic nitrogens is 3. The molecule has 0 saturated carbocycles. The second-order valence-electron chi connectivity index (χ2n) is 4.36. The lowest BCUT2D eigenvalue weighted by Crippen LogP contribution is -1.94. The van der Waals surface area contributed by atoms with E-state index in [0.717, 1.165) is 22.1 Å². The van der Waals surface area contributed by atoms with E-state index in [9.17, 15) is 0 Å². The van der Waals surface area contributed by atoms with Crippen molar-refractivity contribution in [2.45, 2.75) is 10.9 Å². The molecule has 2 N–H and O–H groups in total. The maximum atomic E-state index is 5.44. The number of fused-ring (bicyclic) bond motifs is 1. The van der Waals surface area contributed by atoms with Gasteiger partial charge in [-0.1, -0.05) is 47.9 Å². The van der Waals surface area contributed by atoms with E-state index in [-0.39, 0.29) is 0 Å². The van der Waals surface area contributed by atoms with Gasteiger partial charge in [-0.25, -0.2) is 0 Å². The van der Waals surface area contributed by atoms with Crippen molar-refractivity contribution in [1.29, 1.82) is 0 Å². The summed E-state index contributed by atoms with van der Waals surface area (Å²) in [6.45, 7) is 0.371. The summed E-state index contributed by atoms with van der Waals surface area (Å²) in [5, 5.41) is 9.25. The van der Waals surface area contributed by atoms with Crippen molar-refractivity contribution in [3.8, 4) is 11.8 Å². The molecular weight excluding hydrogens is 280 g/mol. The molecule has 0 aliphatic carbocycles. The molecule has 0 atom stereocenters. The highest BCUT2D eigenvalue weighted by Gasteiger charge is 2.07. The standard InChI is InChI=1S/C16H14N4S/c17-10-5-8-13-6-1-2-7-14(13)12-21-16-19-18-15-9-3-4-11-20(15)16/h1-4,6-7,9,11H,10,12,17H2. The van der Waals surface area contributed by atoms with Crippen LogP contribution in [0, 0.1) is 11.8 Å². The van der Waals surface area contributed by atoms with Crippen molar-refractivity contribution in [3.63, 3.8) is 0 Å². The molecule has 0 fully saturated rings. The SMILES string of the molecule is NCC#Cc1ccccc1CSc1nnc2ccccn12. The number of benzene rings is 1. The summed E-state index contributed by atoms with van der Waals surface area (Å²) in [7, 11) is 0. The second-order valence-corrected chi connectivity index (χ2v) is 5.31. The molecule has 0 saturated heterocycles. The Bertz CT molecular complexity index is 814. The van der Waals surface area contributed by atoms with E-state index < -0.39 is 0 Å². The van der Waals surface area contributed by atoms with Crippen LogP contribution in [0.25, 0.3) is 5.65 Å². The van der Waals surface area contributed by atoms with Crippen molar-refractivity contribution in [2.75, 3.05) is 6.54 Å². The molecule has 0 aliphatic rings. The topological polar surface area (TPSA) is 56.2 Å². The van der Waals surface area contributed by atoms with Crippen LogP contribution >= 0.6 is 11.8 Å². The Morgan fingerprint density at radius 2 is 1.95 bits per heavy atom. The van der Waals surface area contributed by atoms with Gasteiger partial charge in [-0.15, -0.1) is 10.2 Å². The van der Waals surface area contributed by atoms with Crippen LogP contribution in [-0.4, -0.2) is 21.1 Å². The lowest BCUT2D eigenvalue weighted by atomic mass is 10.1. The zero-order valence-electron chi connectivity index (χ0n) is 11.4. The summed E-state index contributed by atoms with van der Waals surface area (Å²) in [6.07, 6.45) is 1.97. The molecule has 0 radical (unpaired) electrons. The predicted molar refractivity (Wildman–Crippen MR) is 84.9 cm³/mol. The maximum Gasteiger partial charge on any atom is 0.195 e. The van der Waals surface area contributed by atoms with Gasteiger partial charge in [-0.2, -0.15) is 0 Å². The highest BCUT2D eigenvalue weighted by atomic mass is 32.2. The first kappa shape index (κ1) is 13.7. The third kappa shape index (κ3) is 3.07. The summed E-state index contributed by atoms with van der Waals surface area (Å²) in [5.74, 6) is 6.81. The lowest BCUT2D eigenvalue weighted by molar-refractivity contribution is 0.921. The Kier molecular flexibility index (Phi) is 4.20. The molecule has 0 amide bonds. The molecule has 0 bridgehead atoms. The minimum Gasteiger partial charge on any atom is -0.320 e. The van der Waals surface area contributed by atoms with Gasteiger partial charge in [0, 0.05) is 17.5 Å². The van der Waals surface area contributed by atoms with Crippen LogP contribution in [0.15, 0.2) is 53.8 Å². The van der Waals surface area contributed by atoms with Crippen molar-refractivity contribution in [2.24, 2.45) is 5.73 Å². The first-order chi connectivity index (χ1) is 10.4. The van der Waals surface area contributed by atoms with Gasteiger partial charge in [0.05, 0.1) is 6.54 Å². The van der Waals surface area contributed by atoms with Gasteiger partial charge >= 0.3 is 0 Å². The summed E-state index contributed by atoms with van der Waals surface area (Å²) in [6, 6.07) is 14.0. The van der Waals surface area contributed by atoms with Crippen LogP contribution in [-0.2, 0) is 5.75 Å². The summed E-state index contributed by atoms with van der Waals surface area (Å²) >= 11 is 1.65. The van der Waals surface area contributed by atoms with Gasteiger partial charge in [0.1, 0.15) is 0 Å². The zero-order valence-corrected chi connectivity index (χ0v) is 12.2. The number of pyridine rings is 1. The minimum absolute atomic E-state index is 0.371. The van der Waals surface area contributed by atoms with Crippen LogP contribution in [0.5, 0.6) is 0 Å². The van der Waals surface area contributed by atoms with Gasteiger partial charge in [-0.3, -0.25) is 4.40 Å². The van der Waals surface area contributed by atoms with Crippen LogP contribution < -0.4 is 5.73 Å². The van der Waals surface area contributed by atoms with Gasteiger partial charge in [0.15, 0.2) is 10.8 Å². The van der Waals surface area contributed by atoms with Crippen LogP contribution in [0.4, 0.5) is 0 Å². The number of thioether (sulfide) groups is 1. The summed E-state index contributed by atoms with van der Waals surface area (Å²) in [4.78, 5) is 0. The average molecular weight is 294 g/mol. The first-order valence-corrected chi connectivity index (χ1v) is 7.56. The maximum absolute atomic E-state index is 5.44. The van der Waals surface area contributed by atoms with Gasteiger partial charge in [0.25, 0.3) is 0 Å². The van der Waals surface area contributed by atoms with Gasteiger partial charge in [0.2, 0.25) is 0 Å². The molecule has 0 unspecified atom stereocenters. The fourth-order valence-corrected chi connectivity index (χ4v) is 2.90. The monoisotopic (exact) mass is 294 g/mol. The number of rotatable bonds is 3. The van der Waals surface area contributed by atoms with E-state index in [4.69, 9.17) is 5.73 Å². The van der Waals surface area contributed by atoms with E-state index >= 15 is 0 Å². The normalized spacial score (nSPS) is 10.3. The van der Waals surface area contributed by atoms with Crippen LogP contribution in [0.1, 0.15) is 11.1 Å². The Balaban J connectivity index is 1.82. The van der Waals surface area contributed by atoms with Crippen LogP contribution in [0.3, 0.4) is 0 Å². The fourth-order valence-electron chi connectivity index (χ4n) is 1.97. The summed E-state index contributed by atoms with van der Waals surface area (Å²) in [5.41, 5.74) is 8.49. The zero-order chi connectivity index (χ0) is 14.5. The average Bonchev–Trinajstić information content (AvgIpc) is 2.95. The molecule has 4 nitrogen and oxygen atoms in total. The van der Waals surface area contributed by atoms with Crippen molar-refractivity contribution in [3.05, 3.63) is 59.8 Å². The quantitative estimate of drug-likeness (QED) is 0.595. The van der Waals surface area contributed by atoms with Gasteiger partial charge < -0.3 is 5.73 Å². The molecule has 2 aromatic heterocycles. The largest absolute Gasteiger partial charge is 0.320 e. The Labute approximate surface area is 127 Å². The molecule has 104 valence electrons. The highest BCUT2D eigenvalue weighted by Crippen LogP contribution is 2.23. The minimum atomic E-state index is 0.371. The van der Waals surface area contributed by atoms with E-state index in [2.05, 4.69) is 28.1 Å². The first-order valence-electron chi connectivity index (χ1n) is 6.58. The Morgan fingerprint density at radius 3 is 2.86 bits per heavy atom. The molecule has 3 aromatic rings. The Morgan fingerprint density at radius 1 is 1.10 bits per heavy atom. The number of nitrogens with zero attached hydrogens (tertiary/aromatic N) is 3.